The van der Waals surface area contributed by atoms with Crippen LogP contribution in [-0.4, -0.2) is 4.98 Å². The number of aromatic amines is 1. The predicted molar refractivity (Wildman–Crippen MR) is 54.3 cm³/mol. The van der Waals surface area contributed by atoms with E-state index in [0.717, 1.165) is 16.3 Å². The normalized spacial score (nSPS) is 11.1. The van der Waals surface area contributed by atoms with Gasteiger partial charge in [-0.3, -0.25) is 4.98 Å². The Bertz CT molecular complexity index is 608. The largest absolute Gasteiger partial charge is 0.417 e. The second-order valence-corrected chi connectivity index (χ2v) is 3.21. The molecule has 3 nitrogen and oxygen atoms in total. The van der Waals surface area contributed by atoms with Crippen LogP contribution in [-0.2, 0) is 0 Å². The number of oxazole rings is 1. The number of rotatable bonds is 0. The number of aromatic nitrogens is 1. The molecule has 0 fully saturated rings. The summed E-state index contributed by atoms with van der Waals surface area (Å²) < 4.78 is 4.96. The van der Waals surface area contributed by atoms with Gasteiger partial charge in [-0.2, -0.15) is 0 Å². The number of fused-ring (bicyclic) bond motifs is 2. The fourth-order valence-corrected chi connectivity index (χ4v) is 1.64. The van der Waals surface area contributed by atoms with Gasteiger partial charge in [-0.25, -0.2) is 4.79 Å². The maximum Gasteiger partial charge on any atom is 0.417 e. The smallest absolute Gasteiger partial charge is 0.408 e. The fraction of sp³-hybridized carbons (Fsp3) is 0. The van der Waals surface area contributed by atoms with Gasteiger partial charge >= 0.3 is 5.76 Å². The van der Waals surface area contributed by atoms with Crippen LogP contribution in [0.2, 0.25) is 0 Å². The number of hydrogen-bond donors (Lipinski definition) is 1. The van der Waals surface area contributed by atoms with Crippen molar-refractivity contribution in [3.8, 4) is 0 Å². The Kier molecular flexibility index (Phi) is 1.31. The minimum atomic E-state index is -0.407. The van der Waals surface area contributed by atoms with Crippen molar-refractivity contribution >= 4 is 21.9 Å². The van der Waals surface area contributed by atoms with Crippen molar-refractivity contribution in [1.29, 1.82) is 0 Å². The number of nitrogens with one attached hydrogen (secondary N) is 1. The van der Waals surface area contributed by atoms with Crippen molar-refractivity contribution in [2.45, 2.75) is 0 Å². The van der Waals surface area contributed by atoms with Gasteiger partial charge in [0.05, 0.1) is 5.52 Å². The van der Waals surface area contributed by atoms with Gasteiger partial charge in [0.25, 0.3) is 0 Å². The molecule has 0 saturated heterocycles. The van der Waals surface area contributed by atoms with Crippen molar-refractivity contribution in [2.75, 3.05) is 0 Å². The van der Waals surface area contributed by atoms with Crippen molar-refractivity contribution in [2.24, 2.45) is 0 Å². The fourth-order valence-electron chi connectivity index (χ4n) is 1.64. The standard InChI is InChI=1S/C11H7NO2/c13-11-12-9-5-7-3-1-2-4-8(7)6-10(9)14-11/h1-6H,(H,12,13). The molecule has 3 aromatic rings. The van der Waals surface area contributed by atoms with E-state index in [1.54, 1.807) is 0 Å². The minimum absolute atomic E-state index is 0.407. The van der Waals surface area contributed by atoms with Gasteiger partial charge in [-0.15, -0.1) is 0 Å². The molecule has 0 aliphatic heterocycles. The molecule has 14 heavy (non-hydrogen) atoms. The molecule has 0 bridgehead atoms. The van der Waals surface area contributed by atoms with Gasteiger partial charge < -0.3 is 4.42 Å². The maximum atomic E-state index is 10.9. The Morgan fingerprint density at radius 1 is 1.07 bits per heavy atom. The van der Waals surface area contributed by atoms with E-state index in [4.69, 9.17) is 4.42 Å². The molecule has 0 radical (unpaired) electrons. The number of benzene rings is 2. The Morgan fingerprint density at radius 3 is 2.57 bits per heavy atom. The number of hydrogen-bond acceptors (Lipinski definition) is 2. The first-order valence-corrected chi connectivity index (χ1v) is 4.34. The molecule has 0 atom stereocenters. The molecular weight excluding hydrogens is 178 g/mol. The summed E-state index contributed by atoms with van der Waals surface area (Å²) in [6, 6.07) is 11.7. The number of H-pyrrole nitrogens is 1. The van der Waals surface area contributed by atoms with Gasteiger partial charge in [0.15, 0.2) is 5.58 Å². The second-order valence-electron chi connectivity index (χ2n) is 3.21. The van der Waals surface area contributed by atoms with Crippen LogP contribution in [0.25, 0.3) is 21.9 Å². The molecule has 3 rings (SSSR count). The van der Waals surface area contributed by atoms with E-state index in [0.29, 0.717) is 5.58 Å². The first-order valence-electron chi connectivity index (χ1n) is 4.34. The van der Waals surface area contributed by atoms with Crippen LogP contribution in [0.3, 0.4) is 0 Å². The Labute approximate surface area is 79.0 Å². The maximum absolute atomic E-state index is 10.9. The van der Waals surface area contributed by atoms with Crippen LogP contribution < -0.4 is 5.76 Å². The summed E-state index contributed by atoms with van der Waals surface area (Å²) in [4.78, 5) is 13.6. The molecular formula is C11H7NO2. The van der Waals surface area contributed by atoms with Gasteiger partial charge in [0.2, 0.25) is 0 Å². The zero-order valence-corrected chi connectivity index (χ0v) is 7.28. The van der Waals surface area contributed by atoms with E-state index in [9.17, 15) is 4.79 Å². The quantitative estimate of drug-likeness (QED) is 0.584. The summed E-state index contributed by atoms with van der Waals surface area (Å²) in [5.74, 6) is -0.407. The summed E-state index contributed by atoms with van der Waals surface area (Å²) in [6.07, 6.45) is 0. The van der Waals surface area contributed by atoms with Crippen LogP contribution in [0, 0.1) is 0 Å². The zero-order chi connectivity index (χ0) is 9.54. The highest BCUT2D eigenvalue weighted by Crippen LogP contribution is 2.19. The van der Waals surface area contributed by atoms with Crippen molar-refractivity contribution in [3.63, 3.8) is 0 Å². The van der Waals surface area contributed by atoms with Crippen LogP contribution in [0.1, 0.15) is 0 Å². The third-order valence-corrected chi connectivity index (χ3v) is 2.29. The van der Waals surface area contributed by atoms with Crippen molar-refractivity contribution < 1.29 is 4.42 Å². The third kappa shape index (κ3) is 0.956. The van der Waals surface area contributed by atoms with Gasteiger partial charge in [0, 0.05) is 0 Å². The molecule has 0 unspecified atom stereocenters. The molecule has 1 heterocycles. The van der Waals surface area contributed by atoms with Crippen molar-refractivity contribution in [3.05, 3.63) is 46.9 Å². The lowest BCUT2D eigenvalue weighted by molar-refractivity contribution is 0.555. The lowest BCUT2D eigenvalue weighted by Gasteiger charge is -1.95. The summed E-state index contributed by atoms with van der Waals surface area (Å²) in [5.41, 5.74) is 1.35. The van der Waals surface area contributed by atoms with Gasteiger partial charge in [-0.1, -0.05) is 24.3 Å². The average molecular weight is 185 g/mol. The van der Waals surface area contributed by atoms with E-state index in [1.807, 2.05) is 36.4 Å². The molecule has 0 aliphatic carbocycles. The molecule has 0 spiro atoms. The van der Waals surface area contributed by atoms with Crippen LogP contribution in [0.4, 0.5) is 0 Å². The third-order valence-electron chi connectivity index (χ3n) is 2.29. The molecule has 0 saturated carbocycles. The highest BCUT2D eigenvalue weighted by molar-refractivity contribution is 5.93. The van der Waals surface area contributed by atoms with Crippen LogP contribution in [0.15, 0.2) is 45.6 Å². The van der Waals surface area contributed by atoms with E-state index in [1.165, 1.54) is 0 Å². The first-order chi connectivity index (χ1) is 6.83. The summed E-state index contributed by atoms with van der Waals surface area (Å²) in [7, 11) is 0. The molecule has 3 heteroatoms. The van der Waals surface area contributed by atoms with E-state index in [2.05, 4.69) is 4.98 Å². The molecule has 1 N–H and O–H groups in total. The van der Waals surface area contributed by atoms with Crippen LogP contribution >= 0.6 is 0 Å². The highest BCUT2D eigenvalue weighted by Gasteiger charge is 2.01. The first kappa shape index (κ1) is 7.38. The molecule has 2 aromatic carbocycles. The van der Waals surface area contributed by atoms with Crippen molar-refractivity contribution in [1.82, 2.24) is 4.98 Å². The topological polar surface area (TPSA) is 46.0 Å². The van der Waals surface area contributed by atoms with Gasteiger partial charge in [-0.05, 0) is 22.9 Å². The van der Waals surface area contributed by atoms with Gasteiger partial charge in [0.1, 0.15) is 0 Å². The Morgan fingerprint density at radius 2 is 1.79 bits per heavy atom. The van der Waals surface area contributed by atoms with E-state index >= 15 is 0 Å². The lowest BCUT2D eigenvalue weighted by atomic mass is 10.1. The Balaban J connectivity index is 2.57. The summed E-state index contributed by atoms with van der Waals surface area (Å²) >= 11 is 0. The summed E-state index contributed by atoms with van der Waals surface area (Å²) in [5, 5.41) is 2.17. The van der Waals surface area contributed by atoms with E-state index < -0.39 is 5.76 Å². The zero-order valence-electron chi connectivity index (χ0n) is 7.28. The molecule has 1 aromatic heterocycles. The average Bonchev–Trinajstić information content (AvgIpc) is 2.53. The second kappa shape index (κ2) is 2.48. The molecule has 0 amide bonds. The Hall–Kier alpha value is -2.03. The predicted octanol–water partition coefficient (Wildman–Crippen LogP) is 2.27. The lowest BCUT2D eigenvalue weighted by Crippen LogP contribution is -1.92. The van der Waals surface area contributed by atoms with Crippen LogP contribution in [0.5, 0.6) is 0 Å². The molecule has 68 valence electrons. The highest BCUT2D eigenvalue weighted by atomic mass is 16.4. The monoisotopic (exact) mass is 185 g/mol. The minimum Gasteiger partial charge on any atom is -0.408 e. The summed E-state index contributed by atoms with van der Waals surface area (Å²) in [6.45, 7) is 0. The van der Waals surface area contributed by atoms with E-state index in [-0.39, 0.29) is 0 Å². The SMILES string of the molecule is O=c1[nH]c2cc3ccccc3cc2o1. The molecule has 0 aliphatic rings.